The maximum Gasteiger partial charge on any atom is 0.251 e. The van der Waals surface area contributed by atoms with Crippen molar-refractivity contribution in [2.45, 2.75) is 19.5 Å². The molecule has 0 aliphatic heterocycles. The first-order chi connectivity index (χ1) is 12.2. The molecule has 0 spiro atoms. The third-order valence-corrected chi connectivity index (χ3v) is 3.83. The highest BCUT2D eigenvalue weighted by atomic mass is 16.5. The summed E-state index contributed by atoms with van der Waals surface area (Å²) in [6.45, 7) is 2.96. The van der Waals surface area contributed by atoms with E-state index in [0.29, 0.717) is 18.7 Å². The van der Waals surface area contributed by atoms with Gasteiger partial charge < -0.3 is 14.6 Å². The fourth-order valence-corrected chi connectivity index (χ4v) is 2.48. The first-order valence-corrected chi connectivity index (χ1v) is 8.22. The smallest absolute Gasteiger partial charge is 0.251 e. The fourth-order valence-electron chi connectivity index (χ4n) is 2.48. The molecule has 5 nitrogen and oxygen atoms in total. The predicted molar refractivity (Wildman–Crippen MR) is 96.6 cm³/mol. The standard InChI is InChI=1S/C20H21N3O2/c1-16-7-9-17(10-8-16)20(24)22-18(13-23-12-11-21-15-23)14-25-19-5-3-2-4-6-19/h2-12,15,18H,13-14H2,1H3,(H,22,24)/t18-/m1/s1. The SMILES string of the molecule is Cc1ccc(C(=O)N[C@@H](COc2ccccc2)Cn2ccnc2)cc1. The molecule has 5 heteroatoms. The van der Waals surface area contributed by atoms with E-state index in [0.717, 1.165) is 11.3 Å². The van der Waals surface area contributed by atoms with Crippen molar-refractivity contribution in [2.75, 3.05) is 6.61 Å². The zero-order chi connectivity index (χ0) is 17.5. The molecule has 1 heterocycles. The minimum absolute atomic E-state index is 0.109. The van der Waals surface area contributed by atoms with Gasteiger partial charge in [-0.1, -0.05) is 35.9 Å². The molecule has 0 aliphatic rings. The Bertz CT molecular complexity index is 784. The maximum atomic E-state index is 12.5. The van der Waals surface area contributed by atoms with Gasteiger partial charge in [0.15, 0.2) is 0 Å². The zero-order valence-electron chi connectivity index (χ0n) is 14.1. The van der Waals surface area contributed by atoms with Gasteiger partial charge in [-0.2, -0.15) is 0 Å². The van der Waals surface area contributed by atoms with E-state index in [1.54, 1.807) is 12.5 Å². The van der Waals surface area contributed by atoms with Gasteiger partial charge in [-0.3, -0.25) is 4.79 Å². The number of aromatic nitrogens is 2. The Kier molecular flexibility index (Phi) is 5.46. The molecule has 3 rings (SSSR count). The summed E-state index contributed by atoms with van der Waals surface area (Å²) in [6.07, 6.45) is 5.32. The third-order valence-electron chi connectivity index (χ3n) is 3.83. The van der Waals surface area contributed by atoms with Crippen molar-refractivity contribution >= 4 is 5.91 Å². The van der Waals surface area contributed by atoms with E-state index in [1.807, 2.05) is 72.3 Å². The lowest BCUT2D eigenvalue weighted by Crippen LogP contribution is -2.42. The summed E-state index contributed by atoms with van der Waals surface area (Å²) in [6, 6.07) is 16.9. The van der Waals surface area contributed by atoms with Crippen LogP contribution in [0.25, 0.3) is 0 Å². The molecule has 0 unspecified atom stereocenters. The van der Waals surface area contributed by atoms with Crippen LogP contribution in [-0.4, -0.2) is 28.1 Å². The number of ether oxygens (including phenoxy) is 1. The van der Waals surface area contributed by atoms with Crippen LogP contribution in [0.4, 0.5) is 0 Å². The molecule has 1 amide bonds. The number of nitrogens with one attached hydrogen (secondary N) is 1. The van der Waals surface area contributed by atoms with Gasteiger partial charge in [-0.25, -0.2) is 4.98 Å². The number of carbonyl (C=O) groups is 1. The number of aryl methyl sites for hydroxylation is 1. The molecule has 0 fully saturated rings. The number of amides is 1. The third kappa shape index (κ3) is 4.94. The second kappa shape index (κ2) is 8.15. The molecule has 128 valence electrons. The number of carbonyl (C=O) groups excluding carboxylic acids is 1. The van der Waals surface area contributed by atoms with Gasteiger partial charge in [0.2, 0.25) is 0 Å². The van der Waals surface area contributed by atoms with E-state index < -0.39 is 0 Å². The summed E-state index contributed by atoms with van der Waals surface area (Å²) in [7, 11) is 0. The molecule has 0 bridgehead atoms. The highest BCUT2D eigenvalue weighted by Gasteiger charge is 2.15. The number of hydrogen-bond donors (Lipinski definition) is 1. The van der Waals surface area contributed by atoms with Crippen LogP contribution < -0.4 is 10.1 Å². The molecule has 1 atom stereocenters. The van der Waals surface area contributed by atoms with Gasteiger partial charge in [-0.15, -0.1) is 0 Å². The minimum Gasteiger partial charge on any atom is -0.491 e. The summed E-state index contributed by atoms with van der Waals surface area (Å²) >= 11 is 0. The Morgan fingerprint density at radius 1 is 1.16 bits per heavy atom. The quantitative estimate of drug-likeness (QED) is 0.722. The molecule has 0 radical (unpaired) electrons. The zero-order valence-corrected chi connectivity index (χ0v) is 14.1. The van der Waals surface area contributed by atoms with Crippen LogP contribution in [0.5, 0.6) is 5.75 Å². The second-order valence-electron chi connectivity index (χ2n) is 5.92. The van der Waals surface area contributed by atoms with Gasteiger partial charge in [0, 0.05) is 24.5 Å². The maximum absolute atomic E-state index is 12.5. The van der Waals surface area contributed by atoms with Crippen LogP contribution in [0, 0.1) is 6.92 Å². The van der Waals surface area contributed by atoms with Gasteiger partial charge in [0.25, 0.3) is 5.91 Å². The summed E-state index contributed by atoms with van der Waals surface area (Å²) < 4.78 is 7.75. The van der Waals surface area contributed by atoms with Crippen molar-refractivity contribution in [1.29, 1.82) is 0 Å². The van der Waals surface area contributed by atoms with E-state index >= 15 is 0 Å². The number of hydrogen-bond acceptors (Lipinski definition) is 3. The number of para-hydroxylation sites is 1. The molecule has 2 aromatic carbocycles. The Morgan fingerprint density at radius 3 is 2.60 bits per heavy atom. The van der Waals surface area contributed by atoms with Gasteiger partial charge >= 0.3 is 0 Å². The number of benzene rings is 2. The Balaban J connectivity index is 1.66. The second-order valence-corrected chi connectivity index (χ2v) is 5.92. The first-order valence-electron chi connectivity index (χ1n) is 8.22. The molecule has 1 N–H and O–H groups in total. The van der Waals surface area contributed by atoms with Crippen LogP contribution in [0.2, 0.25) is 0 Å². The highest BCUT2D eigenvalue weighted by molar-refractivity contribution is 5.94. The average molecular weight is 335 g/mol. The van der Waals surface area contributed by atoms with Gasteiger partial charge in [0.1, 0.15) is 12.4 Å². The predicted octanol–water partition coefficient (Wildman–Crippen LogP) is 3.07. The minimum atomic E-state index is -0.178. The van der Waals surface area contributed by atoms with Crippen LogP contribution in [0.15, 0.2) is 73.3 Å². The van der Waals surface area contributed by atoms with Crippen LogP contribution in [-0.2, 0) is 6.54 Å². The molecule has 0 aliphatic carbocycles. The van der Waals surface area contributed by atoms with E-state index in [2.05, 4.69) is 10.3 Å². The topological polar surface area (TPSA) is 56.1 Å². The molecule has 3 aromatic rings. The molecular weight excluding hydrogens is 314 g/mol. The van der Waals surface area contributed by atoms with Crippen molar-refractivity contribution in [2.24, 2.45) is 0 Å². The van der Waals surface area contributed by atoms with Gasteiger partial charge in [0.05, 0.1) is 12.4 Å². The molecule has 1 aromatic heterocycles. The monoisotopic (exact) mass is 335 g/mol. The Hall–Kier alpha value is -3.08. The molecule has 0 saturated carbocycles. The molecule has 25 heavy (non-hydrogen) atoms. The van der Waals surface area contributed by atoms with Gasteiger partial charge in [-0.05, 0) is 31.2 Å². The Morgan fingerprint density at radius 2 is 1.92 bits per heavy atom. The van der Waals surface area contributed by atoms with E-state index in [4.69, 9.17) is 4.74 Å². The summed E-state index contributed by atoms with van der Waals surface area (Å²) in [5.41, 5.74) is 1.76. The van der Waals surface area contributed by atoms with E-state index in [1.165, 1.54) is 0 Å². The summed E-state index contributed by atoms with van der Waals surface area (Å²) in [4.78, 5) is 16.6. The largest absolute Gasteiger partial charge is 0.491 e. The highest BCUT2D eigenvalue weighted by Crippen LogP contribution is 2.10. The number of imidazole rings is 1. The van der Waals surface area contributed by atoms with Crippen LogP contribution >= 0.6 is 0 Å². The van der Waals surface area contributed by atoms with Crippen molar-refractivity contribution in [1.82, 2.24) is 14.9 Å². The van der Waals surface area contributed by atoms with E-state index in [-0.39, 0.29) is 11.9 Å². The molecular formula is C20H21N3O2. The van der Waals surface area contributed by atoms with E-state index in [9.17, 15) is 4.79 Å². The van der Waals surface area contributed by atoms with Crippen LogP contribution in [0.3, 0.4) is 0 Å². The lowest BCUT2D eigenvalue weighted by Gasteiger charge is -2.20. The normalized spacial score (nSPS) is 11.7. The van der Waals surface area contributed by atoms with Crippen molar-refractivity contribution in [3.8, 4) is 5.75 Å². The lowest BCUT2D eigenvalue weighted by molar-refractivity contribution is 0.0915. The summed E-state index contributed by atoms with van der Waals surface area (Å²) in [5, 5.41) is 3.05. The van der Waals surface area contributed by atoms with Crippen molar-refractivity contribution in [3.63, 3.8) is 0 Å². The van der Waals surface area contributed by atoms with Crippen LogP contribution in [0.1, 0.15) is 15.9 Å². The summed E-state index contributed by atoms with van der Waals surface area (Å²) in [5.74, 6) is 0.671. The van der Waals surface area contributed by atoms with Crippen molar-refractivity contribution < 1.29 is 9.53 Å². The Labute approximate surface area is 147 Å². The fraction of sp³-hybridized carbons (Fsp3) is 0.200. The average Bonchev–Trinajstić information content (AvgIpc) is 3.14. The lowest BCUT2D eigenvalue weighted by atomic mass is 10.1. The number of rotatable bonds is 7. The first kappa shape index (κ1) is 16.8. The molecule has 0 saturated heterocycles. The van der Waals surface area contributed by atoms with Crippen molar-refractivity contribution in [3.05, 3.63) is 84.4 Å². The number of nitrogens with zero attached hydrogens (tertiary/aromatic N) is 2.